The van der Waals surface area contributed by atoms with Gasteiger partial charge in [0.1, 0.15) is 5.60 Å². The zero-order valence-electron chi connectivity index (χ0n) is 12.7. The van der Waals surface area contributed by atoms with Gasteiger partial charge in [-0.3, -0.25) is 4.79 Å². The van der Waals surface area contributed by atoms with Gasteiger partial charge in [0, 0.05) is 6.04 Å². The highest BCUT2D eigenvalue weighted by atomic mass is 16.6. The lowest BCUT2D eigenvalue weighted by atomic mass is 10.0. The molecule has 112 valence electrons. The van der Waals surface area contributed by atoms with E-state index in [1.54, 1.807) is 0 Å². The standard InChI is InChI=1S/C12H23NO2.C2H4O2/c1-5-9-7-6-8-10(9)13-11(14)15-12(2,3)4;1-4-2-3/h9-10H,5-8H2,1-4H3,(H,13,14);2H,1H3. The highest BCUT2D eigenvalue weighted by Crippen LogP contribution is 2.28. The Morgan fingerprint density at radius 2 is 1.95 bits per heavy atom. The Balaban J connectivity index is 0.000000711. The normalized spacial score (nSPS) is 21.9. The van der Waals surface area contributed by atoms with Gasteiger partial charge in [0.05, 0.1) is 7.11 Å². The molecule has 1 aliphatic rings. The molecule has 1 fully saturated rings. The molecule has 1 saturated carbocycles. The number of rotatable bonds is 3. The summed E-state index contributed by atoms with van der Waals surface area (Å²) in [7, 11) is 1.31. The SMILES string of the molecule is CCC1CCCC1NC(=O)OC(C)(C)C.COC=O. The maximum Gasteiger partial charge on any atom is 0.407 e. The Morgan fingerprint density at radius 3 is 2.37 bits per heavy atom. The number of carbonyl (C=O) groups is 2. The lowest BCUT2D eigenvalue weighted by Crippen LogP contribution is -2.40. The van der Waals surface area contributed by atoms with Crippen LogP contribution < -0.4 is 5.32 Å². The first-order chi connectivity index (χ1) is 8.84. The van der Waals surface area contributed by atoms with E-state index in [0.717, 1.165) is 12.8 Å². The van der Waals surface area contributed by atoms with E-state index in [1.165, 1.54) is 20.0 Å². The summed E-state index contributed by atoms with van der Waals surface area (Å²) in [6.07, 6.45) is 4.42. The first-order valence-electron chi connectivity index (χ1n) is 6.80. The second-order valence-electron chi connectivity index (χ2n) is 5.68. The average molecular weight is 273 g/mol. The minimum absolute atomic E-state index is 0.271. The number of ether oxygens (including phenoxy) is 2. The Labute approximate surface area is 116 Å². The van der Waals surface area contributed by atoms with Gasteiger partial charge in [-0.05, 0) is 39.5 Å². The molecule has 1 rings (SSSR count). The van der Waals surface area contributed by atoms with Gasteiger partial charge in [0.15, 0.2) is 0 Å². The van der Waals surface area contributed by atoms with Crippen molar-refractivity contribution in [2.45, 2.75) is 65.0 Å². The van der Waals surface area contributed by atoms with Gasteiger partial charge >= 0.3 is 6.09 Å². The van der Waals surface area contributed by atoms with Gasteiger partial charge in [0.25, 0.3) is 6.47 Å². The molecule has 2 atom stereocenters. The number of nitrogens with one attached hydrogen (secondary N) is 1. The van der Waals surface area contributed by atoms with Crippen molar-refractivity contribution in [3.05, 3.63) is 0 Å². The van der Waals surface area contributed by atoms with Gasteiger partial charge in [-0.1, -0.05) is 19.8 Å². The molecule has 5 nitrogen and oxygen atoms in total. The Morgan fingerprint density at radius 1 is 1.37 bits per heavy atom. The maximum atomic E-state index is 11.5. The maximum absolute atomic E-state index is 11.5. The molecule has 1 N–H and O–H groups in total. The van der Waals surface area contributed by atoms with Crippen LogP contribution >= 0.6 is 0 Å². The predicted molar refractivity (Wildman–Crippen MR) is 73.9 cm³/mol. The number of carbonyl (C=O) groups excluding carboxylic acids is 2. The molecule has 0 radical (unpaired) electrons. The van der Waals surface area contributed by atoms with Crippen molar-refractivity contribution in [2.24, 2.45) is 5.92 Å². The van der Waals surface area contributed by atoms with Gasteiger partial charge in [-0.15, -0.1) is 0 Å². The molecule has 1 aliphatic carbocycles. The van der Waals surface area contributed by atoms with Crippen LogP contribution in [0.15, 0.2) is 0 Å². The van der Waals surface area contributed by atoms with Crippen LogP contribution in [0.4, 0.5) is 4.79 Å². The van der Waals surface area contributed by atoms with Crippen LogP contribution in [0.25, 0.3) is 0 Å². The fraction of sp³-hybridized carbons (Fsp3) is 0.857. The summed E-state index contributed by atoms with van der Waals surface area (Å²) in [6.45, 7) is 8.22. The third kappa shape index (κ3) is 8.46. The van der Waals surface area contributed by atoms with Crippen molar-refractivity contribution in [1.29, 1.82) is 0 Å². The molecule has 19 heavy (non-hydrogen) atoms. The van der Waals surface area contributed by atoms with E-state index in [0.29, 0.717) is 18.4 Å². The molecule has 0 saturated heterocycles. The summed E-state index contributed by atoms with van der Waals surface area (Å²) in [5, 5.41) is 2.98. The number of alkyl carbamates (subject to hydrolysis) is 1. The number of hydrogen-bond acceptors (Lipinski definition) is 4. The van der Waals surface area contributed by atoms with E-state index < -0.39 is 5.60 Å². The minimum atomic E-state index is -0.398. The number of hydrogen-bond donors (Lipinski definition) is 1. The van der Waals surface area contributed by atoms with E-state index in [1.807, 2.05) is 20.8 Å². The van der Waals surface area contributed by atoms with Gasteiger partial charge in [0.2, 0.25) is 0 Å². The molecule has 1 amide bonds. The zero-order chi connectivity index (χ0) is 14.9. The summed E-state index contributed by atoms with van der Waals surface area (Å²) < 4.78 is 9.10. The topological polar surface area (TPSA) is 64.6 Å². The minimum Gasteiger partial charge on any atom is -0.471 e. The number of amides is 1. The highest BCUT2D eigenvalue weighted by Gasteiger charge is 2.28. The molecule has 0 bridgehead atoms. The molecule has 0 spiro atoms. The van der Waals surface area contributed by atoms with Crippen molar-refractivity contribution in [2.75, 3.05) is 7.11 Å². The van der Waals surface area contributed by atoms with Crippen molar-refractivity contribution in [3.8, 4) is 0 Å². The first-order valence-corrected chi connectivity index (χ1v) is 6.80. The largest absolute Gasteiger partial charge is 0.471 e. The lowest BCUT2D eigenvalue weighted by molar-refractivity contribution is -0.126. The van der Waals surface area contributed by atoms with Crippen molar-refractivity contribution in [3.63, 3.8) is 0 Å². The zero-order valence-corrected chi connectivity index (χ0v) is 12.7. The molecule has 0 aromatic heterocycles. The van der Waals surface area contributed by atoms with Crippen molar-refractivity contribution in [1.82, 2.24) is 5.32 Å². The molecule has 0 heterocycles. The molecule has 0 aromatic rings. The van der Waals surface area contributed by atoms with E-state index in [9.17, 15) is 4.79 Å². The van der Waals surface area contributed by atoms with Gasteiger partial charge in [-0.2, -0.15) is 0 Å². The van der Waals surface area contributed by atoms with Crippen LogP contribution in [-0.4, -0.2) is 31.3 Å². The van der Waals surface area contributed by atoms with Gasteiger partial charge < -0.3 is 14.8 Å². The van der Waals surface area contributed by atoms with Crippen LogP contribution in [0.5, 0.6) is 0 Å². The molecule has 5 heteroatoms. The first kappa shape index (κ1) is 17.7. The fourth-order valence-electron chi connectivity index (χ4n) is 2.17. The van der Waals surface area contributed by atoms with Crippen LogP contribution in [-0.2, 0) is 14.3 Å². The smallest absolute Gasteiger partial charge is 0.407 e. The summed E-state index contributed by atoms with van der Waals surface area (Å²) in [6, 6.07) is 0.324. The summed E-state index contributed by atoms with van der Waals surface area (Å²) in [5.41, 5.74) is -0.398. The van der Waals surface area contributed by atoms with E-state index >= 15 is 0 Å². The van der Waals surface area contributed by atoms with E-state index in [-0.39, 0.29) is 6.09 Å². The Kier molecular flexibility index (Phi) is 8.19. The number of methoxy groups -OCH3 is 1. The second-order valence-corrected chi connectivity index (χ2v) is 5.68. The highest BCUT2D eigenvalue weighted by molar-refractivity contribution is 5.68. The summed E-state index contributed by atoms with van der Waals surface area (Å²) in [4.78, 5) is 20.5. The second kappa shape index (κ2) is 8.77. The Hall–Kier alpha value is -1.26. The van der Waals surface area contributed by atoms with Crippen LogP contribution in [0, 0.1) is 5.92 Å². The monoisotopic (exact) mass is 273 g/mol. The van der Waals surface area contributed by atoms with E-state index in [2.05, 4.69) is 17.0 Å². The molecular weight excluding hydrogens is 246 g/mol. The van der Waals surface area contributed by atoms with Crippen molar-refractivity contribution >= 4 is 12.6 Å². The summed E-state index contributed by atoms with van der Waals surface area (Å²) >= 11 is 0. The third-order valence-corrected chi connectivity index (χ3v) is 2.98. The lowest BCUT2D eigenvalue weighted by Gasteiger charge is -2.24. The van der Waals surface area contributed by atoms with Crippen LogP contribution in [0.1, 0.15) is 53.4 Å². The van der Waals surface area contributed by atoms with Crippen LogP contribution in [0.3, 0.4) is 0 Å². The van der Waals surface area contributed by atoms with Crippen molar-refractivity contribution < 1.29 is 19.1 Å². The average Bonchev–Trinajstić information content (AvgIpc) is 2.74. The van der Waals surface area contributed by atoms with Crippen LogP contribution in [0.2, 0.25) is 0 Å². The third-order valence-electron chi connectivity index (χ3n) is 2.98. The molecule has 2 unspecified atom stereocenters. The van der Waals surface area contributed by atoms with E-state index in [4.69, 9.17) is 9.53 Å². The predicted octanol–water partition coefficient (Wildman–Crippen LogP) is 2.88. The fourth-order valence-corrected chi connectivity index (χ4v) is 2.17. The molecule has 0 aromatic carbocycles. The summed E-state index contributed by atoms with van der Waals surface area (Å²) in [5.74, 6) is 0.637. The van der Waals surface area contributed by atoms with Gasteiger partial charge in [-0.25, -0.2) is 4.79 Å². The quantitative estimate of drug-likeness (QED) is 0.803. The molecular formula is C14H27NO4. The Bertz CT molecular complexity index is 273. The molecule has 0 aliphatic heterocycles.